The molecule has 5 nitrogen and oxygen atoms in total. The summed E-state index contributed by atoms with van der Waals surface area (Å²) in [4.78, 5) is 22.6. The molecule has 2 aromatic carbocycles. The fraction of sp³-hybridized carbons (Fsp3) is 0.176. The SMILES string of the molecule is O=C(O)C[C@@H](O)COc1ccc(C(=O)c2ccccc2)cc1. The average molecular weight is 300 g/mol. The zero-order chi connectivity index (χ0) is 15.9. The first-order valence-electron chi connectivity index (χ1n) is 6.78. The first-order chi connectivity index (χ1) is 10.6. The van der Waals surface area contributed by atoms with E-state index in [0.717, 1.165) is 0 Å². The second kappa shape index (κ2) is 7.38. The van der Waals surface area contributed by atoms with Gasteiger partial charge in [0.15, 0.2) is 5.78 Å². The molecule has 0 amide bonds. The molecule has 1 atom stereocenters. The monoisotopic (exact) mass is 300 g/mol. The lowest BCUT2D eigenvalue weighted by molar-refractivity contribution is -0.139. The molecular formula is C17H16O5. The van der Waals surface area contributed by atoms with Crippen LogP contribution < -0.4 is 4.74 Å². The number of carbonyl (C=O) groups excluding carboxylic acids is 1. The van der Waals surface area contributed by atoms with Crippen molar-refractivity contribution in [2.75, 3.05) is 6.61 Å². The smallest absolute Gasteiger partial charge is 0.306 e. The minimum absolute atomic E-state index is 0.0851. The number of aliphatic carboxylic acids is 1. The predicted molar refractivity (Wildman–Crippen MR) is 80.1 cm³/mol. The van der Waals surface area contributed by atoms with Crippen LogP contribution in [0.25, 0.3) is 0 Å². The lowest BCUT2D eigenvalue weighted by Gasteiger charge is -2.10. The van der Waals surface area contributed by atoms with E-state index < -0.39 is 12.1 Å². The van der Waals surface area contributed by atoms with Crippen LogP contribution >= 0.6 is 0 Å². The maximum Gasteiger partial charge on any atom is 0.306 e. The molecule has 0 radical (unpaired) electrons. The predicted octanol–water partition coefficient (Wildman–Crippen LogP) is 2.13. The number of aliphatic hydroxyl groups is 1. The van der Waals surface area contributed by atoms with E-state index in [1.165, 1.54) is 0 Å². The van der Waals surface area contributed by atoms with Crippen molar-refractivity contribution in [3.63, 3.8) is 0 Å². The summed E-state index contributed by atoms with van der Waals surface area (Å²) in [7, 11) is 0. The molecule has 0 spiro atoms. The van der Waals surface area contributed by atoms with E-state index in [1.54, 1.807) is 48.5 Å². The van der Waals surface area contributed by atoms with E-state index in [1.807, 2.05) is 6.07 Å². The van der Waals surface area contributed by atoms with Crippen molar-refractivity contribution in [3.05, 3.63) is 65.7 Å². The molecule has 2 rings (SSSR count). The lowest BCUT2D eigenvalue weighted by atomic mass is 10.0. The van der Waals surface area contributed by atoms with Crippen LogP contribution in [0.2, 0.25) is 0 Å². The highest BCUT2D eigenvalue weighted by molar-refractivity contribution is 6.08. The van der Waals surface area contributed by atoms with E-state index in [9.17, 15) is 14.7 Å². The van der Waals surface area contributed by atoms with Crippen LogP contribution in [0, 0.1) is 0 Å². The Morgan fingerprint density at radius 2 is 1.55 bits per heavy atom. The summed E-state index contributed by atoms with van der Waals surface area (Å²) >= 11 is 0. The van der Waals surface area contributed by atoms with Gasteiger partial charge in [-0.25, -0.2) is 0 Å². The van der Waals surface area contributed by atoms with Crippen molar-refractivity contribution in [1.82, 2.24) is 0 Å². The fourth-order valence-electron chi connectivity index (χ4n) is 1.91. The van der Waals surface area contributed by atoms with Crippen LogP contribution in [0.4, 0.5) is 0 Å². The number of benzene rings is 2. The lowest BCUT2D eigenvalue weighted by Crippen LogP contribution is -2.21. The van der Waals surface area contributed by atoms with Gasteiger partial charge in [0, 0.05) is 11.1 Å². The molecular weight excluding hydrogens is 284 g/mol. The summed E-state index contributed by atoms with van der Waals surface area (Å²) in [6.07, 6.45) is -1.44. The molecule has 2 N–H and O–H groups in total. The zero-order valence-electron chi connectivity index (χ0n) is 11.8. The standard InChI is InChI=1S/C17H16O5/c18-14(10-16(19)20)11-22-15-8-6-13(7-9-15)17(21)12-4-2-1-3-5-12/h1-9,14,18H,10-11H2,(H,19,20)/t14-/m1/s1. The third-order valence-corrected chi connectivity index (χ3v) is 3.01. The maximum absolute atomic E-state index is 12.2. The number of aliphatic hydroxyl groups excluding tert-OH is 1. The quantitative estimate of drug-likeness (QED) is 0.765. The highest BCUT2D eigenvalue weighted by Crippen LogP contribution is 2.16. The van der Waals surface area contributed by atoms with E-state index in [2.05, 4.69) is 0 Å². The van der Waals surface area contributed by atoms with Crippen LogP contribution in [-0.2, 0) is 4.79 Å². The molecule has 0 fully saturated rings. The molecule has 5 heteroatoms. The van der Waals surface area contributed by atoms with Crippen LogP contribution in [0.1, 0.15) is 22.3 Å². The van der Waals surface area contributed by atoms with Gasteiger partial charge in [-0.05, 0) is 24.3 Å². The van der Waals surface area contributed by atoms with Crippen molar-refractivity contribution in [1.29, 1.82) is 0 Å². The molecule has 0 aromatic heterocycles. The summed E-state index contributed by atoms with van der Waals surface area (Å²) in [5.41, 5.74) is 1.14. The van der Waals surface area contributed by atoms with E-state index in [-0.39, 0.29) is 18.8 Å². The number of ketones is 1. The molecule has 0 aliphatic heterocycles. The number of carboxylic acids is 1. The van der Waals surface area contributed by atoms with E-state index in [4.69, 9.17) is 9.84 Å². The van der Waals surface area contributed by atoms with Gasteiger partial charge >= 0.3 is 5.97 Å². The minimum Gasteiger partial charge on any atom is -0.491 e. The van der Waals surface area contributed by atoms with Gasteiger partial charge in [-0.1, -0.05) is 30.3 Å². The molecule has 0 aliphatic carbocycles. The van der Waals surface area contributed by atoms with Crippen molar-refractivity contribution in [2.45, 2.75) is 12.5 Å². The van der Waals surface area contributed by atoms with Crippen molar-refractivity contribution in [3.8, 4) is 5.75 Å². The molecule has 2 aromatic rings. The van der Waals surface area contributed by atoms with Crippen LogP contribution in [-0.4, -0.2) is 34.7 Å². The number of carboxylic acid groups (broad SMARTS) is 1. The number of ether oxygens (including phenoxy) is 1. The Labute approximate surface area is 127 Å². The second-order valence-corrected chi connectivity index (χ2v) is 4.78. The molecule has 22 heavy (non-hydrogen) atoms. The number of hydrogen-bond acceptors (Lipinski definition) is 4. The van der Waals surface area contributed by atoms with Gasteiger partial charge in [0.2, 0.25) is 0 Å². The summed E-state index contributed by atoms with van der Waals surface area (Å²) in [5.74, 6) is -0.702. The fourth-order valence-corrected chi connectivity index (χ4v) is 1.91. The van der Waals surface area contributed by atoms with Crippen LogP contribution in [0.5, 0.6) is 5.75 Å². The van der Waals surface area contributed by atoms with E-state index in [0.29, 0.717) is 16.9 Å². The van der Waals surface area contributed by atoms with Crippen LogP contribution in [0.15, 0.2) is 54.6 Å². The Morgan fingerprint density at radius 3 is 2.14 bits per heavy atom. The Balaban J connectivity index is 1.96. The first kappa shape index (κ1) is 15.7. The number of carbonyl (C=O) groups is 2. The molecule has 114 valence electrons. The molecule has 0 unspecified atom stereocenters. The first-order valence-corrected chi connectivity index (χ1v) is 6.78. The molecule has 0 heterocycles. The Morgan fingerprint density at radius 1 is 0.955 bits per heavy atom. The van der Waals surface area contributed by atoms with Crippen molar-refractivity contribution in [2.24, 2.45) is 0 Å². The number of hydrogen-bond donors (Lipinski definition) is 2. The summed E-state index contributed by atoms with van der Waals surface area (Å²) in [6, 6.07) is 15.4. The van der Waals surface area contributed by atoms with Crippen LogP contribution in [0.3, 0.4) is 0 Å². The Hall–Kier alpha value is -2.66. The van der Waals surface area contributed by atoms with Gasteiger partial charge in [-0.2, -0.15) is 0 Å². The number of rotatable bonds is 7. The van der Waals surface area contributed by atoms with Crippen molar-refractivity contribution < 1.29 is 24.5 Å². The van der Waals surface area contributed by atoms with Gasteiger partial charge in [0.25, 0.3) is 0 Å². The Kier molecular flexibility index (Phi) is 5.27. The van der Waals surface area contributed by atoms with Gasteiger partial charge in [-0.15, -0.1) is 0 Å². The third kappa shape index (κ3) is 4.43. The van der Waals surface area contributed by atoms with Gasteiger partial charge in [0.1, 0.15) is 12.4 Å². The highest BCUT2D eigenvalue weighted by Gasteiger charge is 2.11. The van der Waals surface area contributed by atoms with E-state index >= 15 is 0 Å². The molecule has 0 saturated carbocycles. The van der Waals surface area contributed by atoms with Gasteiger partial charge < -0.3 is 14.9 Å². The van der Waals surface area contributed by atoms with Crippen molar-refractivity contribution >= 4 is 11.8 Å². The molecule has 0 saturated heterocycles. The average Bonchev–Trinajstić information content (AvgIpc) is 2.53. The highest BCUT2D eigenvalue weighted by atomic mass is 16.5. The normalized spacial score (nSPS) is 11.7. The second-order valence-electron chi connectivity index (χ2n) is 4.78. The summed E-state index contributed by atoms with van der Waals surface area (Å²) < 4.78 is 5.28. The maximum atomic E-state index is 12.2. The summed E-state index contributed by atoms with van der Waals surface area (Å²) in [5, 5.41) is 17.9. The Bertz CT molecular complexity index is 634. The third-order valence-electron chi connectivity index (χ3n) is 3.01. The molecule has 0 bridgehead atoms. The zero-order valence-corrected chi connectivity index (χ0v) is 11.8. The van der Waals surface area contributed by atoms with Gasteiger partial charge in [0.05, 0.1) is 12.5 Å². The largest absolute Gasteiger partial charge is 0.491 e. The topological polar surface area (TPSA) is 83.8 Å². The van der Waals surface area contributed by atoms with Gasteiger partial charge in [-0.3, -0.25) is 9.59 Å². The molecule has 0 aliphatic rings. The minimum atomic E-state index is -1.08. The summed E-state index contributed by atoms with van der Waals surface area (Å²) in [6.45, 7) is -0.113.